The van der Waals surface area contributed by atoms with Crippen molar-refractivity contribution in [1.82, 2.24) is 0 Å². The van der Waals surface area contributed by atoms with E-state index >= 15 is 0 Å². The van der Waals surface area contributed by atoms with Crippen LogP contribution >= 0.6 is 0 Å². The van der Waals surface area contributed by atoms with Crippen molar-refractivity contribution in [2.45, 2.75) is 26.4 Å². The van der Waals surface area contributed by atoms with Crippen molar-refractivity contribution < 1.29 is 9.53 Å². The van der Waals surface area contributed by atoms with E-state index in [1.54, 1.807) is 12.1 Å². The molecule has 2 heteroatoms. The van der Waals surface area contributed by atoms with E-state index in [1.165, 1.54) is 0 Å². The average Bonchev–Trinajstić information content (AvgIpc) is 2.48. The lowest BCUT2D eigenvalue weighted by atomic mass is 9.98. The van der Waals surface area contributed by atoms with Gasteiger partial charge in [0.2, 0.25) is 0 Å². The Kier molecular flexibility index (Phi) is 4.27. The molecule has 2 aromatic rings. The molecule has 0 unspecified atom stereocenters. The standard InChI is InChI=1S/C19H20O2/c1-14(2)15-10-12-16(13-11-15)18(20)21-19(3,4)17-8-6-5-7-9-17/h5-13H,1H2,2-4H3. The number of hydrogen-bond donors (Lipinski definition) is 0. The van der Waals surface area contributed by atoms with Crippen molar-refractivity contribution in [3.8, 4) is 0 Å². The monoisotopic (exact) mass is 280 g/mol. The first-order chi connectivity index (χ1) is 9.90. The van der Waals surface area contributed by atoms with Gasteiger partial charge < -0.3 is 4.74 Å². The topological polar surface area (TPSA) is 26.3 Å². The maximum Gasteiger partial charge on any atom is 0.338 e. The van der Waals surface area contributed by atoms with Gasteiger partial charge in [0.15, 0.2) is 0 Å². The van der Waals surface area contributed by atoms with Gasteiger partial charge in [0.05, 0.1) is 5.56 Å². The van der Waals surface area contributed by atoms with E-state index in [-0.39, 0.29) is 5.97 Å². The summed E-state index contributed by atoms with van der Waals surface area (Å²) in [6, 6.07) is 17.0. The molecule has 0 saturated heterocycles. The van der Waals surface area contributed by atoms with E-state index in [9.17, 15) is 4.79 Å². The predicted molar refractivity (Wildman–Crippen MR) is 86.0 cm³/mol. The Morgan fingerprint density at radius 1 is 0.952 bits per heavy atom. The van der Waals surface area contributed by atoms with E-state index in [2.05, 4.69) is 6.58 Å². The number of esters is 1. The van der Waals surface area contributed by atoms with Crippen molar-refractivity contribution in [1.29, 1.82) is 0 Å². The molecule has 0 saturated carbocycles. The van der Waals surface area contributed by atoms with E-state index < -0.39 is 5.60 Å². The van der Waals surface area contributed by atoms with Gasteiger partial charge in [-0.3, -0.25) is 0 Å². The highest BCUT2D eigenvalue weighted by Gasteiger charge is 2.25. The maximum absolute atomic E-state index is 12.3. The number of benzene rings is 2. The zero-order valence-electron chi connectivity index (χ0n) is 12.7. The fraction of sp³-hybridized carbons (Fsp3) is 0.211. The van der Waals surface area contributed by atoms with Gasteiger partial charge >= 0.3 is 5.97 Å². The second kappa shape index (κ2) is 5.96. The minimum absolute atomic E-state index is 0.322. The summed E-state index contributed by atoms with van der Waals surface area (Å²) in [6.45, 7) is 9.60. The number of ether oxygens (including phenoxy) is 1. The van der Waals surface area contributed by atoms with Crippen LogP contribution in [-0.4, -0.2) is 5.97 Å². The van der Waals surface area contributed by atoms with E-state index in [0.29, 0.717) is 5.56 Å². The summed E-state index contributed by atoms with van der Waals surface area (Å²) in [5, 5.41) is 0. The molecule has 21 heavy (non-hydrogen) atoms. The van der Waals surface area contributed by atoms with Gasteiger partial charge in [-0.05, 0) is 44.0 Å². The molecule has 0 bridgehead atoms. The first-order valence-electron chi connectivity index (χ1n) is 6.95. The quantitative estimate of drug-likeness (QED) is 0.751. The highest BCUT2D eigenvalue weighted by Crippen LogP contribution is 2.26. The van der Waals surface area contributed by atoms with E-state index in [1.807, 2.05) is 63.2 Å². The third-order valence-corrected chi connectivity index (χ3v) is 3.43. The van der Waals surface area contributed by atoms with Crippen LogP contribution in [0, 0.1) is 0 Å². The molecule has 0 aliphatic heterocycles. The molecule has 0 heterocycles. The lowest BCUT2D eigenvalue weighted by molar-refractivity contribution is -0.00312. The number of rotatable bonds is 4. The Bertz CT molecular complexity index is 637. The third-order valence-electron chi connectivity index (χ3n) is 3.43. The van der Waals surface area contributed by atoms with Crippen molar-refractivity contribution in [2.75, 3.05) is 0 Å². The van der Waals surface area contributed by atoms with Gasteiger partial charge in [-0.1, -0.05) is 54.6 Å². The van der Waals surface area contributed by atoms with Crippen molar-refractivity contribution >= 4 is 11.5 Å². The van der Waals surface area contributed by atoms with Crippen LogP contribution in [0.4, 0.5) is 0 Å². The second-order valence-corrected chi connectivity index (χ2v) is 5.62. The molecule has 0 aliphatic carbocycles. The summed E-state index contributed by atoms with van der Waals surface area (Å²) in [5.74, 6) is -0.322. The van der Waals surface area contributed by atoms with Gasteiger partial charge in [-0.25, -0.2) is 4.79 Å². The summed E-state index contributed by atoms with van der Waals surface area (Å²) in [5.41, 5.74) is 2.85. The molecule has 0 radical (unpaired) electrons. The fourth-order valence-electron chi connectivity index (χ4n) is 2.08. The van der Waals surface area contributed by atoms with Crippen LogP contribution in [0.1, 0.15) is 42.3 Å². The molecule has 2 nitrogen and oxygen atoms in total. The SMILES string of the molecule is C=C(C)c1ccc(C(=O)OC(C)(C)c2ccccc2)cc1. The molecule has 0 amide bonds. The van der Waals surface area contributed by atoms with Crippen LogP contribution in [0.25, 0.3) is 5.57 Å². The molecule has 0 atom stereocenters. The molecular weight excluding hydrogens is 260 g/mol. The highest BCUT2D eigenvalue weighted by atomic mass is 16.6. The molecule has 0 aromatic heterocycles. The molecule has 0 spiro atoms. The summed E-state index contributed by atoms with van der Waals surface area (Å²) < 4.78 is 5.65. The largest absolute Gasteiger partial charge is 0.451 e. The Hall–Kier alpha value is -2.35. The van der Waals surface area contributed by atoms with Crippen LogP contribution in [0.3, 0.4) is 0 Å². The van der Waals surface area contributed by atoms with Crippen LogP contribution < -0.4 is 0 Å². The molecular formula is C19H20O2. The lowest BCUT2D eigenvalue weighted by Crippen LogP contribution is -2.25. The summed E-state index contributed by atoms with van der Waals surface area (Å²) in [6.07, 6.45) is 0. The number of allylic oxidation sites excluding steroid dienone is 1. The summed E-state index contributed by atoms with van der Waals surface area (Å²) in [7, 11) is 0. The molecule has 0 N–H and O–H groups in total. The first kappa shape index (κ1) is 15.0. The maximum atomic E-state index is 12.3. The van der Waals surface area contributed by atoms with Crippen LogP contribution in [0.2, 0.25) is 0 Å². The van der Waals surface area contributed by atoms with Gasteiger partial charge in [0.1, 0.15) is 5.60 Å². The highest BCUT2D eigenvalue weighted by molar-refractivity contribution is 5.90. The zero-order chi connectivity index (χ0) is 15.5. The van der Waals surface area contributed by atoms with E-state index in [0.717, 1.165) is 16.7 Å². The molecule has 108 valence electrons. The fourth-order valence-corrected chi connectivity index (χ4v) is 2.08. The number of carbonyl (C=O) groups excluding carboxylic acids is 1. The smallest absolute Gasteiger partial charge is 0.338 e. The average molecular weight is 280 g/mol. The van der Waals surface area contributed by atoms with Gasteiger partial charge in [-0.15, -0.1) is 0 Å². The zero-order valence-corrected chi connectivity index (χ0v) is 12.7. The molecule has 2 rings (SSSR count). The van der Waals surface area contributed by atoms with Crippen molar-refractivity contribution in [2.24, 2.45) is 0 Å². The van der Waals surface area contributed by atoms with Gasteiger partial charge in [-0.2, -0.15) is 0 Å². The third kappa shape index (κ3) is 3.60. The summed E-state index contributed by atoms with van der Waals surface area (Å²) in [4.78, 5) is 12.3. The Balaban J connectivity index is 2.15. The summed E-state index contributed by atoms with van der Waals surface area (Å²) >= 11 is 0. The van der Waals surface area contributed by atoms with Gasteiger partial charge in [0, 0.05) is 0 Å². The second-order valence-electron chi connectivity index (χ2n) is 5.62. The van der Waals surface area contributed by atoms with Crippen LogP contribution in [-0.2, 0) is 10.3 Å². The lowest BCUT2D eigenvalue weighted by Gasteiger charge is -2.25. The minimum atomic E-state index is -0.661. The van der Waals surface area contributed by atoms with Crippen molar-refractivity contribution in [3.05, 3.63) is 77.9 Å². The first-order valence-corrected chi connectivity index (χ1v) is 6.95. The Morgan fingerprint density at radius 3 is 2.00 bits per heavy atom. The Labute approximate surface area is 126 Å². The molecule has 2 aromatic carbocycles. The van der Waals surface area contributed by atoms with Crippen LogP contribution in [0.5, 0.6) is 0 Å². The van der Waals surface area contributed by atoms with Crippen molar-refractivity contribution in [3.63, 3.8) is 0 Å². The molecule has 0 fully saturated rings. The normalized spacial score (nSPS) is 11.0. The minimum Gasteiger partial charge on any atom is -0.451 e. The predicted octanol–water partition coefficient (Wildman–Crippen LogP) is 4.81. The Morgan fingerprint density at radius 2 is 1.48 bits per heavy atom. The molecule has 0 aliphatic rings. The van der Waals surface area contributed by atoms with Gasteiger partial charge in [0.25, 0.3) is 0 Å². The van der Waals surface area contributed by atoms with Crippen LogP contribution in [0.15, 0.2) is 61.2 Å². The van der Waals surface area contributed by atoms with E-state index in [4.69, 9.17) is 4.74 Å². The number of carbonyl (C=O) groups is 1. The number of hydrogen-bond acceptors (Lipinski definition) is 2.